The number of fused-ring (bicyclic) bond motifs is 1. The standard InChI is InChI=1S/C16H23N5O/c1-9-8-10(2)21-15(18-9)14(11(3)20-21)16(22)19-13-6-4-12(17)5-7-13/h8,12-13H,4-7,17H2,1-3H3,(H,19,22). The van der Waals surface area contributed by atoms with Crippen LogP contribution in [0.15, 0.2) is 6.07 Å². The molecule has 1 saturated carbocycles. The van der Waals surface area contributed by atoms with E-state index in [2.05, 4.69) is 15.4 Å². The monoisotopic (exact) mass is 301 g/mol. The van der Waals surface area contributed by atoms with E-state index < -0.39 is 0 Å². The number of nitrogens with one attached hydrogen (secondary N) is 1. The lowest BCUT2D eigenvalue weighted by molar-refractivity contribution is 0.0926. The molecule has 0 spiro atoms. The summed E-state index contributed by atoms with van der Waals surface area (Å²) in [5.74, 6) is -0.0783. The Kier molecular flexibility index (Phi) is 3.87. The Balaban J connectivity index is 1.89. The van der Waals surface area contributed by atoms with Gasteiger partial charge in [-0.2, -0.15) is 5.10 Å². The summed E-state index contributed by atoms with van der Waals surface area (Å²) in [7, 11) is 0. The maximum Gasteiger partial charge on any atom is 0.257 e. The van der Waals surface area contributed by atoms with Crippen molar-refractivity contribution in [1.29, 1.82) is 0 Å². The molecule has 1 amide bonds. The number of amides is 1. The molecule has 2 aromatic heterocycles. The van der Waals surface area contributed by atoms with Crippen LogP contribution in [0.2, 0.25) is 0 Å². The number of hydrogen-bond acceptors (Lipinski definition) is 4. The Morgan fingerprint density at radius 2 is 1.95 bits per heavy atom. The first-order chi connectivity index (χ1) is 10.5. The minimum absolute atomic E-state index is 0.0783. The molecule has 0 saturated heterocycles. The van der Waals surface area contributed by atoms with E-state index in [0.29, 0.717) is 16.9 Å². The van der Waals surface area contributed by atoms with Gasteiger partial charge in [0, 0.05) is 23.5 Å². The molecule has 6 nitrogen and oxygen atoms in total. The number of carbonyl (C=O) groups excluding carboxylic acids is 1. The lowest BCUT2D eigenvalue weighted by Crippen LogP contribution is -2.40. The molecule has 1 aliphatic carbocycles. The fourth-order valence-corrected chi connectivity index (χ4v) is 3.21. The van der Waals surface area contributed by atoms with E-state index in [9.17, 15) is 4.79 Å². The van der Waals surface area contributed by atoms with Crippen molar-refractivity contribution in [3.63, 3.8) is 0 Å². The van der Waals surface area contributed by atoms with Crippen LogP contribution in [0.3, 0.4) is 0 Å². The number of aryl methyl sites for hydroxylation is 3. The van der Waals surface area contributed by atoms with Gasteiger partial charge in [-0.25, -0.2) is 9.50 Å². The van der Waals surface area contributed by atoms with Crippen LogP contribution in [-0.2, 0) is 0 Å². The van der Waals surface area contributed by atoms with Gasteiger partial charge in [0.05, 0.1) is 5.69 Å². The van der Waals surface area contributed by atoms with Crippen molar-refractivity contribution in [3.05, 3.63) is 28.7 Å². The smallest absolute Gasteiger partial charge is 0.257 e. The quantitative estimate of drug-likeness (QED) is 0.883. The van der Waals surface area contributed by atoms with Crippen LogP contribution < -0.4 is 11.1 Å². The fraction of sp³-hybridized carbons (Fsp3) is 0.562. The van der Waals surface area contributed by atoms with Crippen molar-refractivity contribution in [3.8, 4) is 0 Å². The maximum absolute atomic E-state index is 12.7. The predicted molar refractivity (Wildman–Crippen MR) is 84.9 cm³/mol. The molecule has 1 fully saturated rings. The molecular formula is C16H23N5O. The van der Waals surface area contributed by atoms with Crippen molar-refractivity contribution in [2.24, 2.45) is 5.73 Å². The molecule has 6 heteroatoms. The largest absolute Gasteiger partial charge is 0.349 e. The third-order valence-electron chi connectivity index (χ3n) is 4.40. The third kappa shape index (κ3) is 2.70. The van der Waals surface area contributed by atoms with Gasteiger partial charge in [-0.3, -0.25) is 4.79 Å². The molecule has 2 heterocycles. The van der Waals surface area contributed by atoms with Crippen LogP contribution in [0.25, 0.3) is 5.65 Å². The Morgan fingerprint density at radius 1 is 1.27 bits per heavy atom. The second-order valence-corrected chi connectivity index (χ2v) is 6.32. The molecular weight excluding hydrogens is 278 g/mol. The lowest BCUT2D eigenvalue weighted by Gasteiger charge is -2.26. The first-order valence-electron chi connectivity index (χ1n) is 7.85. The number of carbonyl (C=O) groups is 1. The van der Waals surface area contributed by atoms with E-state index in [4.69, 9.17) is 5.73 Å². The zero-order valence-corrected chi connectivity index (χ0v) is 13.4. The molecule has 118 valence electrons. The summed E-state index contributed by atoms with van der Waals surface area (Å²) in [5, 5.41) is 7.58. The van der Waals surface area contributed by atoms with Crippen molar-refractivity contribution < 1.29 is 4.79 Å². The Labute approximate surface area is 130 Å². The molecule has 0 radical (unpaired) electrons. The van der Waals surface area contributed by atoms with Crippen molar-refractivity contribution in [1.82, 2.24) is 19.9 Å². The highest BCUT2D eigenvalue weighted by Crippen LogP contribution is 2.20. The molecule has 0 unspecified atom stereocenters. The number of aromatic nitrogens is 3. The second-order valence-electron chi connectivity index (χ2n) is 6.32. The van der Waals surface area contributed by atoms with Crippen LogP contribution in [0, 0.1) is 20.8 Å². The molecule has 1 aliphatic rings. The number of nitrogens with zero attached hydrogens (tertiary/aromatic N) is 3. The zero-order valence-electron chi connectivity index (χ0n) is 13.4. The average Bonchev–Trinajstić information content (AvgIpc) is 2.78. The molecule has 2 aromatic rings. The molecule has 3 rings (SSSR count). The van der Waals surface area contributed by atoms with Gasteiger partial charge in [0.1, 0.15) is 5.56 Å². The average molecular weight is 301 g/mol. The predicted octanol–water partition coefficient (Wildman–Crippen LogP) is 1.65. The van der Waals surface area contributed by atoms with E-state index in [1.165, 1.54) is 0 Å². The summed E-state index contributed by atoms with van der Waals surface area (Å²) < 4.78 is 1.74. The fourth-order valence-electron chi connectivity index (χ4n) is 3.21. The summed E-state index contributed by atoms with van der Waals surface area (Å²) in [6, 6.07) is 2.44. The Bertz CT molecular complexity index is 713. The number of rotatable bonds is 2. The molecule has 3 N–H and O–H groups in total. The normalized spacial score (nSPS) is 22.0. The van der Waals surface area contributed by atoms with E-state index in [0.717, 1.165) is 37.1 Å². The minimum atomic E-state index is -0.0783. The number of hydrogen-bond donors (Lipinski definition) is 2. The van der Waals surface area contributed by atoms with E-state index in [1.54, 1.807) is 4.52 Å². The van der Waals surface area contributed by atoms with Gasteiger partial charge in [0.25, 0.3) is 5.91 Å². The first-order valence-corrected chi connectivity index (χ1v) is 7.85. The zero-order chi connectivity index (χ0) is 15.9. The highest BCUT2D eigenvalue weighted by molar-refractivity contribution is 6.01. The molecule has 0 atom stereocenters. The lowest BCUT2D eigenvalue weighted by atomic mass is 9.91. The Hall–Kier alpha value is -1.95. The van der Waals surface area contributed by atoms with Crippen LogP contribution in [-0.4, -0.2) is 32.6 Å². The second kappa shape index (κ2) is 5.68. The van der Waals surface area contributed by atoms with Crippen molar-refractivity contribution in [2.45, 2.75) is 58.5 Å². The minimum Gasteiger partial charge on any atom is -0.349 e. The molecule has 0 aromatic carbocycles. The van der Waals surface area contributed by atoms with Crippen LogP contribution in [0.1, 0.15) is 53.1 Å². The molecule has 0 aliphatic heterocycles. The van der Waals surface area contributed by atoms with Crippen LogP contribution in [0.5, 0.6) is 0 Å². The van der Waals surface area contributed by atoms with Gasteiger partial charge >= 0.3 is 0 Å². The highest BCUT2D eigenvalue weighted by Gasteiger charge is 2.24. The van der Waals surface area contributed by atoms with Crippen molar-refractivity contribution in [2.75, 3.05) is 0 Å². The van der Waals surface area contributed by atoms with Gasteiger partial charge < -0.3 is 11.1 Å². The van der Waals surface area contributed by atoms with Gasteiger partial charge in [0.15, 0.2) is 5.65 Å². The van der Waals surface area contributed by atoms with E-state index in [1.807, 2.05) is 26.8 Å². The number of nitrogens with two attached hydrogens (primary N) is 1. The van der Waals surface area contributed by atoms with Gasteiger partial charge in [0.2, 0.25) is 0 Å². The Morgan fingerprint density at radius 3 is 2.64 bits per heavy atom. The van der Waals surface area contributed by atoms with Gasteiger partial charge in [-0.05, 0) is 52.5 Å². The first kappa shape index (κ1) is 15.0. The van der Waals surface area contributed by atoms with Gasteiger partial charge in [-0.1, -0.05) is 0 Å². The molecule has 0 bridgehead atoms. The van der Waals surface area contributed by atoms with Gasteiger partial charge in [-0.15, -0.1) is 0 Å². The summed E-state index contributed by atoms with van der Waals surface area (Å²) >= 11 is 0. The van der Waals surface area contributed by atoms with Crippen LogP contribution in [0.4, 0.5) is 0 Å². The van der Waals surface area contributed by atoms with Crippen LogP contribution >= 0.6 is 0 Å². The molecule has 22 heavy (non-hydrogen) atoms. The highest BCUT2D eigenvalue weighted by atomic mass is 16.1. The van der Waals surface area contributed by atoms with Crippen molar-refractivity contribution >= 4 is 11.6 Å². The third-order valence-corrected chi connectivity index (χ3v) is 4.40. The van der Waals surface area contributed by atoms with E-state index in [-0.39, 0.29) is 18.0 Å². The summed E-state index contributed by atoms with van der Waals surface area (Å²) in [6.45, 7) is 5.76. The topological polar surface area (TPSA) is 85.3 Å². The summed E-state index contributed by atoms with van der Waals surface area (Å²) in [6.07, 6.45) is 3.82. The SMILES string of the molecule is Cc1cc(C)n2nc(C)c(C(=O)NC3CCC(N)CC3)c2n1. The summed E-state index contributed by atoms with van der Waals surface area (Å²) in [4.78, 5) is 17.2. The maximum atomic E-state index is 12.7. The van der Waals surface area contributed by atoms with E-state index >= 15 is 0 Å². The summed E-state index contributed by atoms with van der Waals surface area (Å²) in [5.41, 5.74) is 9.73.